The zero-order chi connectivity index (χ0) is 33.5. The summed E-state index contributed by atoms with van der Waals surface area (Å²) < 4.78 is 8.03. The maximum atomic E-state index is 2.36. The largest absolute Gasteiger partial charge is 0.135 e. The maximum absolute atomic E-state index is 2.36. The van der Waals surface area contributed by atoms with Crippen molar-refractivity contribution in [3.8, 4) is 44.5 Å². The maximum Gasteiger partial charge on any atom is 0.0361 e. The van der Waals surface area contributed by atoms with Crippen LogP contribution in [0.15, 0.2) is 170 Å². The third-order valence-corrected chi connectivity index (χ3v) is 13.7. The molecule has 0 saturated carbocycles. The van der Waals surface area contributed by atoms with Gasteiger partial charge in [-0.3, -0.25) is 0 Å². The van der Waals surface area contributed by atoms with Gasteiger partial charge in [-0.05, 0) is 80.9 Å². The SMILES string of the molecule is c1ccc2c(c1)sc1cc(-c3ccc(-c4ccc5c(c4)sc4cc(-c6ccc(-c7ccc8c(c7)sc7ccccc78)cc6)ccc45)cc3)ccc12. The first-order chi connectivity index (χ1) is 25.2. The van der Waals surface area contributed by atoms with Gasteiger partial charge in [0.25, 0.3) is 0 Å². The van der Waals surface area contributed by atoms with E-state index in [0.717, 1.165) is 0 Å². The molecule has 0 fully saturated rings. The van der Waals surface area contributed by atoms with Gasteiger partial charge in [0.1, 0.15) is 0 Å². The quantitative estimate of drug-likeness (QED) is 0.171. The monoisotopic (exact) mass is 700 g/mol. The molecule has 11 rings (SSSR count). The Morgan fingerprint density at radius 1 is 0.196 bits per heavy atom. The summed E-state index contributed by atoms with van der Waals surface area (Å²) in [5, 5.41) is 8.03. The molecule has 3 heterocycles. The van der Waals surface area contributed by atoms with E-state index in [0.29, 0.717) is 0 Å². The summed E-state index contributed by atoms with van der Waals surface area (Å²) in [4.78, 5) is 0. The molecule has 0 N–H and O–H groups in total. The van der Waals surface area contributed by atoms with Crippen molar-refractivity contribution < 1.29 is 0 Å². The summed E-state index contributed by atoms with van der Waals surface area (Å²) in [6.45, 7) is 0. The van der Waals surface area contributed by atoms with Crippen LogP contribution in [-0.4, -0.2) is 0 Å². The molecule has 0 bridgehead atoms. The Kier molecular flexibility index (Phi) is 6.57. The smallest absolute Gasteiger partial charge is 0.0361 e. The topological polar surface area (TPSA) is 0 Å². The number of hydrogen-bond donors (Lipinski definition) is 0. The minimum atomic E-state index is 1.24. The Hall–Kier alpha value is -5.58. The molecule has 238 valence electrons. The first-order valence-electron chi connectivity index (χ1n) is 17.2. The molecule has 0 aliphatic rings. The molecule has 0 aliphatic carbocycles. The van der Waals surface area contributed by atoms with Crippen molar-refractivity contribution in [1.82, 2.24) is 0 Å². The van der Waals surface area contributed by atoms with E-state index in [1.54, 1.807) is 0 Å². The van der Waals surface area contributed by atoms with Crippen molar-refractivity contribution >= 4 is 94.5 Å². The second-order valence-electron chi connectivity index (χ2n) is 13.3. The highest BCUT2D eigenvalue weighted by Crippen LogP contribution is 2.41. The molecule has 0 aliphatic heterocycles. The predicted octanol–water partition coefficient (Wildman–Crippen LogP) is 15.5. The molecule has 3 heteroatoms. The van der Waals surface area contributed by atoms with Crippen LogP contribution in [0.1, 0.15) is 0 Å². The van der Waals surface area contributed by atoms with Crippen LogP contribution in [0.3, 0.4) is 0 Å². The molecule has 3 aromatic heterocycles. The fourth-order valence-corrected chi connectivity index (χ4v) is 11.1. The average molecular weight is 701 g/mol. The molecule has 0 atom stereocenters. The zero-order valence-corrected chi connectivity index (χ0v) is 29.8. The first kappa shape index (κ1) is 29.2. The lowest BCUT2D eigenvalue weighted by Crippen LogP contribution is -1.81. The van der Waals surface area contributed by atoms with Crippen molar-refractivity contribution in [1.29, 1.82) is 0 Å². The lowest BCUT2D eigenvalue weighted by atomic mass is 9.98. The fraction of sp³-hybridized carbons (Fsp3) is 0. The van der Waals surface area contributed by atoms with Gasteiger partial charge < -0.3 is 0 Å². The van der Waals surface area contributed by atoms with E-state index in [1.807, 2.05) is 34.0 Å². The van der Waals surface area contributed by atoms with Gasteiger partial charge in [-0.15, -0.1) is 34.0 Å². The van der Waals surface area contributed by atoms with Crippen LogP contribution < -0.4 is 0 Å². The van der Waals surface area contributed by atoms with Crippen LogP contribution in [0.2, 0.25) is 0 Å². The normalized spacial score (nSPS) is 11.9. The summed E-state index contributed by atoms with van der Waals surface area (Å²) in [6, 6.07) is 63.1. The minimum Gasteiger partial charge on any atom is -0.135 e. The van der Waals surface area contributed by atoms with Crippen LogP contribution in [0.25, 0.3) is 105 Å². The van der Waals surface area contributed by atoms with Crippen LogP contribution in [0, 0.1) is 0 Å². The van der Waals surface area contributed by atoms with Gasteiger partial charge in [-0.2, -0.15) is 0 Å². The molecule has 0 amide bonds. The van der Waals surface area contributed by atoms with Crippen molar-refractivity contribution in [3.05, 3.63) is 170 Å². The van der Waals surface area contributed by atoms with Crippen molar-refractivity contribution in [3.63, 3.8) is 0 Å². The lowest BCUT2D eigenvalue weighted by molar-refractivity contribution is 1.62. The van der Waals surface area contributed by atoms with E-state index in [-0.39, 0.29) is 0 Å². The third-order valence-electron chi connectivity index (χ3n) is 10.3. The second-order valence-corrected chi connectivity index (χ2v) is 16.5. The molecule has 0 spiro atoms. The van der Waals surface area contributed by atoms with Crippen LogP contribution >= 0.6 is 34.0 Å². The number of thiophene rings is 3. The standard InChI is InChI=1S/C48H28S3/c1-3-7-43-37(5-1)39-21-17-33(25-45(39)49-43)29-9-13-31(14-10-29)35-19-23-41-42-24-20-36(28-48(42)51-47(41)27-35)32-15-11-30(12-16-32)34-18-22-40-38-6-2-4-8-44(38)50-46(40)26-34/h1-28H. The molecule has 0 radical (unpaired) electrons. The third kappa shape index (κ3) is 4.85. The predicted molar refractivity (Wildman–Crippen MR) is 227 cm³/mol. The van der Waals surface area contributed by atoms with Crippen molar-refractivity contribution in [2.75, 3.05) is 0 Å². The van der Waals surface area contributed by atoms with Crippen LogP contribution in [-0.2, 0) is 0 Å². The molecular formula is C48H28S3. The molecule has 0 nitrogen and oxygen atoms in total. The highest BCUT2D eigenvalue weighted by molar-refractivity contribution is 7.26. The Morgan fingerprint density at radius 2 is 0.431 bits per heavy atom. The van der Waals surface area contributed by atoms with Crippen molar-refractivity contribution in [2.24, 2.45) is 0 Å². The van der Waals surface area contributed by atoms with Crippen molar-refractivity contribution in [2.45, 2.75) is 0 Å². The number of fused-ring (bicyclic) bond motifs is 9. The summed E-state index contributed by atoms with van der Waals surface area (Å²) in [7, 11) is 0. The summed E-state index contributed by atoms with van der Waals surface area (Å²) in [6.07, 6.45) is 0. The second kappa shape index (κ2) is 11.5. The van der Waals surface area contributed by atoms with Gasteiger partial charge >= 0.3 is 0 Å². The Morgan fingerprint density at radius 3 is 0.745 bits per heavy atom. The van der Waals surface area contributed by atoms with E-state index in [4.69, 9.17) is 0 Å². The summed E-state index contributed by atoms with van der Waals surface area (Å²) in [5.74, 6) is 0. The van der Waals surface area contributed by atoms with Gasteiger partial charge in [0.05, 0.1) is 0 Å². The molecule has 8 aromatic carbocycles. The van der Waals surface area contributed by atoms with Crippen LogP contribution in [0.4, 0.5) is 0 Å². The van der Waals surface area contributed by atoms with Gasteiger partial charge in [0.2, 0.25) is 0 Å². The van der Waals surface area contributed by atoms with Crippen LogP contribution in [0.5, 0.6) is 0 Å². The summed E-state index contributed by atoms with van der Waals surface area (Å²) in [5.41, 5.74) is 10.0. The lowest BCUT2D eigenvalue weighted by Gasteiger charge is -2.06. The van der Waals surface area contributed by atoms with E-state index in [9.17, 15) is 0 Å². The number of benzene rings is 8. The van der Waals surface area contributed by atoms with Gasteiger partial charge in [-0.1, -0.05) is 133 Å². The molecule has 0 saturated heterocycles. The average Bonchev–Trinajstić information content (AvgIpc) is 3.87. The molecule has 51 heavy (non-hydrogen) atoms. The Labute approximate surface area is 307 Å². The van der Waals surface area contributed by atoms with Gasteiger partial charge in [0, 0.05) is 60.5 Å². The van der Waals surface area contributed by atoms with E-state index >= 15 is 0 Å². The van der Waals surface area contributed by atoms with E-state index < -0.39 is 0 Å². The highest BCUT2D eigenvalue weighted by atomic mass is 32.1. The van der Waals surface area contributed by atoms with E-state index in [1.165, 1.54) is 105 Å². The first-order valence-corrected chi connectivity index (χ1v) is 19.7. The number of rotatable bonds is 4. The van der Waals surface area contributed by atoms with E-state index in [2.05, 4.69) is 170 Å². The van der Waals surface area contributed by atoms with Gasteiger partial charge in [0.15, 0.2) is 0 Å². The molecule has 0 unspecified atom stereocenters. The Bertz CT molecular complexity index is 2900. The summed E-state index contributed by atoms with van der Waals surface area (Å²) >= 11 is 5.64. The molecule has 11 aromatic rings. The van der Waals surface area contributed by atoms with Gasteiger partial charge in [-0.25, -0.2) is 0 Å². The minimum absolute atomic E-state index is 1.24. The Balaban J connectivity index is 0.870. The zero-order valence-electron chi connectivity index (χ0n) is 27.4. The highest BCUT2D eigenvalue weighted by Gasteiger charge is 2.12. The molecular weight excluding hydrogens is 673 g/mol. The number of hydrogen-bond acceptors (Lipinski definition) is 3. The fourth-order valence-electron chi connectivity index (χ4n) is 7.66.